The zero-order valence-corrected chi connectivity index (χ0v) is 14.8. The van der Waals surface area contributed by atoms with E-state index in [9.17, 15) is 0 Å². The SMILES string of the molecule is CC(C)C.CC(C)c1cccc(/C=C/CC[C@H](C)CO)c1. The number of hydrogen-bond acceptors (Lipinski definition) is 1. The van der Waals surface area contributed by atoms with Gasteiger partial charge in [0.1, 0.15) is 0 Å². The molecule has 0 aromatic heterocycles. The van der Waals surface area contributed by atoms with Gasteiger partial charge in [-0.25, -0.2) is 0 Å². The second-order valence-electron chi connectivity index (χ2n) is 6.82. The quantitative estimate of drug-likeness (QED) is 0.692. The third-order valence-electron chi connectivity index (χ3n) is 3.03. The lowest BCUT2D eigenvalue weighted by molar-refractivity contribution is 0.231. The third-order valence-corrected chi connectivity index (χ3v) is 3.03. The molecule has 0 aliphatic carbocycles. The number of aliphatic hydroxyl groups excluding tert-OH is 1. The van der Waals surface area contributed by atoms with Crippen LogP contribution in [0.25, 0.3) is 6.08 Å². The molecule has 0 fully saturated rings. The van der Waals surface area contributed by atoms with Crippen LogP contribution in [0, 0.1) is 11.8 Å². The average Bonchev–Trinajstić information content (AvgIpc) is 2.43. The zero-order valence-electron chi connectivity index (χ0n) is 14.8. The van der Waals surface area contributed by atoms with Gasteiger partial charge < -0.3 is 5.11 Å². The minimum Gasteiger partial charge on any atom is -0.396 e. The van der Waals surface area contributed by atoms with Crippen molar-refractivity contribution in [3.8, 4) is 0 Å². The summed E-state index contributed by atoms with van der Waals surface area (Å²) in [5, 5.41) is 8.92. The van der Waals surface area contributed by atoms with Crippen molar-refractivity contribution in [2.24, 2.45) is 11.8 Å². The van der Waals surface area contributed by atoms with E-state index in [1.165, 1.54) is 11.1 Å². The van der Waals surface area contributed by atoms with Gasteiger partial charge in [-0.15, -0.1) is 0 Å². The van der Waals surface area contributed by atoms with Crippen LogP contribution in [0.1, 0.15) is 71.4 Å². The minimum atomic E-state index is 0.288. The molecule has 0 spiro atoms. The highest BCUT2D eigenvalue weighted by Gasteiger charge is 1.99. The van der Waals surface area contributed by atoms with Gasteiger partial charge in [-0.05, 0) is 41.7 Å². The molecule has 1 N–H and O–H groups in total. The summed E-state index contributed by atoms with van der Waals surface area (Å²) in [6, 6.07) is 8.68. The fourth-order valence-electron chi connectivity index (χ4n) is 1.71. The summed E-state index contributed by atoms with van der Waals surface area (Å²) >= 11 is 0. The lowest BCUT2D eigenvalue weighted by atomic mass is 10.0. The second kappa shape index (κ2) is 11.6. The Bertz CT molecular complexity index is 388. The summed E-state index contributed by atoms with van der Waals surface area (Å²) in [5.41, 5.74) is 2.66. The van der Waals surface area contributed by atoms with Gasteiger partial charge in [0, 0.05) is 6.61 Å². The summed E-state index contributed by atoms with van der Waals surface area (Å²) in [6.07, 6.45) is 6.46. The molecule has 0 amide bonds. The van der Waals surface area contributed by atoms with E-state index >= 15 is 0 Å². The molecule has 1 nitrogen and oxygen atoms in total. The maximum Gasteiger partial charge on any atom is 0.0456 e. The lowest BCUT2D eigenvalue weighted by Gasteiger charge is -2.06. The number of aliphatic hydroxyl groups is 1. The third kappa shape index (κ3) is 11.3. The van der Waals surface area contributed by atoms with Crippen LogP contribution >= 0.6 is 0 Å². The van der Waals surface area contributed by atoms with Crippen LogP contribution in [0.2, 0.25) is 0 Å². The highest BCUT2D eigenvalue weighted by atomic mass is 16.3. The Morgan fingerprint density at radius 1 is 1.05 bits per heavy atom. The Balaban J connectivity index is 0.000000885. The highest BCUT2D eigenvalue weighted by molar-refractivity contribution is 5.50. The van der Waals surface area contributed by atoms with Gasteiger partial charge in [0.15, 0.2) is 0 Å². The van der Waals surface area contributed by atoms with Gasteiger partial charge in [-0.1, -0.05) is 78.0 Å². The average molecular weight is 290 g/mol. The second-order valence-corrected chi connectivity index (χ2v) is 6.82. The highest BCUT2D eigenvalue weighted by Crippen LogP contribution is 2.16. The van der Waals surface area contributed by atoms with Crippen molar-refractivity contribution in [1.82, 2.24) is 0 Å². The molecule has 1 aromatic carbocycles. The standard InChI is InChI=1S/C16H24O.C4H10/c1-13(2)16-10-6-9-15(11-16)8-5-4-7-14(3)12-17;1-4(2)3/h5-6,8-11,13-14,17H,4,7,12H2,1-3H3;4H,1-3H3/b8-5+;/t14-;/m0./s1. The Morgan fingerprint density at radius 3 is 2.19 bits per heavy atom. The molecule has 0 saturated carbocycles. The van der Waals surface area contributed by atoms with Crippen molar-refractivity contribution in [3.05, 3.63) is 41.5 Å². The molecular weight excluding hydrogens is 256 g/mol. The summed E-state index contributed by atoms with van der Waals surface area (Å²) in [5.74, 6) is 1.82. The fraction of sp³-hybridized carbons (Fsp3) is 0.600. The largest absolute Gasteiger partial charge is 0.396 e. The molecule has 1 atom stereocenters. The molecule has 0 unspecified atom stereocenters. The topological polar surface area (TPSA) is 20.2 Å². The lowest BCUT2D eigenvalue weighted by Crippen LogP contribution is -1.98. The van der Waals surface area contributed by atoms with Gasteiger partial charge in [0.2, 0.25) is 0 Å². The number of allylic oxidation sites excluding steroid dienone is 1. The molecule has 0 radical (unpaired) electrons. The van der Waals surface area contributed by atoms with Crippen molar-refractivity contribution < 1.29 is 5.11 Å². The van der Waals surface area contributed by atoms with Crippen molar-refractivity contribution in [2.45, 2.75) is 60.3 Å². The van der Waals surface area contributed by atoms with Gasteiger partial charge in [0.05, 0.1) is 0 Å². The predicted octanol–water partition coefficient (Wildman–Crippen LogP) is 5.89. The molecule has 1 aromatic rings. The Morgan fingerprint density at radius 2 is 1.67 bits per heavy atom. The maximum atomic E-state index is 8.92. The van der Waals surface area contributed by atoms with E-state index in [0.717, 1.165) is 18.8 Å². The van der Waals surface area contributed by atoms with E-state index in [2.05, 4.69) is 78.0 Å². The van der Waals surface area contributed by atoms with Crippen LogP contribution in [-0.4, -0.2) is 11.7 Å². The Kier molecular flexibility index (Phi) is 11.0. The van der Waals surface area contributed by atoms with Crippen molar-refractivity contribution in [2.75, 3.05) is 6.61 Å². The van der Waals surface area contributed by atoms with E-state index in [4.69, 9.17) is 5.11 Å². The van der Waals surface area contributed by atoms with Crippen molar-refractivity contribution in [3.63, 3.8) is 0 Å². The molecular formula is C20H34O. The first-order chi connectivity index (χ1) is 9.86. The molecule has 0 heterocycles. The Hall–Kier alpha value is -1.08. The molecule has 120 valence electrons. The van der Waals surface area contributed by atoms with Gasteiger partial charge in [0.25, 0.3) is 0 Å². The smallest absolute Gasteiger partial charge is 0.0456 e. The summed E-state index contributed by atoms with van der Waals surface area (Å²) < 4.78 is 0. The summed E-state index contributed by atoms with van der Waals surface area (Å²) in [7, 11) is 0. The molecule has 0 aliphatic heterocycles. The van der Waals surface area contributed by atoms with Crippen LogP contribution in [0.3, 0.4) is 0 Å². The van der Waals surface area contributed by atoms with Gasteiger partial charge >= 0.3 is 0 Å². The van der Waals surface area contributed by atoms with Gasteiger partial charge in [-0.3, -0.25) is 0 Å². The fourth-order valence-corrected chi connectivity index (χ4v) is 1.71. The maximum absolute atomic E-state index is 8.92. The van der Waals surface area contributed by atoms with Crippen LogP contribution in [0.15, 0.2) is 30.3 Å². The minimum absolute atomic E-state index is 0.288. The number of rotatable bonds is 6. The molecule has 1 rings (SSSR count). The monoisotopic (exact) mass is 290 g/mol. The van der Waals surface area contributed by atoms with E-state index in [1.54, 1.807) is 0 Å². The first kappa shape index (κ1) is 19.9. The van der Waals surface area contributed by atoms with Crippen LogP contribution in [-0.2, 0) is 0 Å². The molecule has 0 saturated heterocycles. The summed E-state index contributed by atoms with van der Waals surface area (Å²) in [4.78, 5) is 0. The molecule has 0 aliphatic rings. The van der Waals surface area contributed by atoms with E-state index in [0.29, 0.717) is 11.8 Å². The van der Waals surface area contributed by atoms with E-state index in [1.807, 2.05) is 0 Å². The van der Waals surface area contributed by atoms with Crippen LogP contribution in [0.5, 0.6) is 0 Å². The summed E-state index contributed by atoms with van der Waals surface area (Å²) in [6.45, 7) is 13.3. The molecule has 21 heavy (non-hydrogen) atoms. The normalized spacial score (nSPS) is 12.6. The molecule has 0 bridgehead atoms. The van der Waals surface area contributed by atoms with Gasteiger partial charge in [-0.2, -0.15) is 0 Å². The van der Waals surface area contributed by atoms with Crippen LogP contribution in [0.4, 0.5) is 0 Å². The van der Waals surface area contributed by atoms with E-state index < -0.39 is 0 Å². The zero-order chi connectivity index (χ0) is 16.3. The molecule has 1 heteroatoms. The van der Waals surface area contributed by atoms with Crippen molar-refractivity contribution >= 4 is 6.08 Å². The number of benzene rings is 1. The first-order valence-corrected chi connectivity index (χ1v) is 8.24. The number of hydrogen-bond donors (Lipinski definition) is 1. The van der Waals surface area contributed by atoms with Crippen LogP contribution < -0.4 is 0 Å². The van der Waals surface area contributed by atoms with E-state index in [-0.39, 0.29) is 6.61 Å². The first-order valence-electron chi connectivity index (χ1n) is 8.24. The predicted molar refractivity (Wildman–Crippen MR) is 95.6 cm³/mol. The van der Waals surface area contributed by atoms with Crippen molar-refractivity contribution in [1.29, 1.82) is 0 Å². The Labute approximate surface area is 132 Å².